The van der Waals surface area contributed by atoms with Gasteiger partial charge in [0.15, 0.2) is 11.6 Å². The lowest BCUT2D eigenvalue weighted by atomic mass is 9.96. The van der Waals surface area contributed by atoms with E-state index in [2.05, 4.69) is 138 Å². The second-order valence-corrected chi connectivity index (χ2v) is 14.3. The first-order valence-corrected chi connectivity index (χ1v) is 19.0. The van der Waals surface area contributed by atoms with E-state index in [0.717, 1.165) is 99.1 Å². The van der Waals surface area contributed by atoms with Gasteiger partial charge in [-0.1, -0.05) is 152 Å². The summed E-state index contributed by atoms with van der Waals surface area (Å²) in [7, 11) is 0. The number of hydrogen-bond acceptors (Lipinski definition) is 5. The molecule has 6 nitrogen and oxygen atoms in total. The zero-order chi connectivity index (χ0) is 37.5. The fourth-order valence-electron chi connectivity index (χ4n) is 8.53. The van der Waals surface area contributed by atoms with Crippen molar-refractivity contribution in [2.75, 3.05) is 0 Å². The Hall–Kier alpha value is -7.83. The predicted molar refractivity (Wildman–Crippen MR) is 230 cm³/mol. The minimum atomic E-state index is 0.563. The molecule has 6 heteroatoms. The molecular weight excluding hydrogens is 701 g/mol. The van der Waals surface area contributed by atoms with E-state index >= 15 is 0 Å². The zero-order valence-corrected chi connectivity index (χ0v) is 30.4. The molecule has 0 unspecified atom stereocenters. The molecular formula is C51H30N4O2. The number of benzene rings is 8. The molecule has 0 aliphatic rings. The number of hydrogen-bond donors (Lipinski definition) is 0. The van der Waals surface area contributed by atoms with Crippen molar-refractivity contribution in [3.63, 3.8) is 0 Å². The van der Waals surface area contributed by atoms with Gasteiger partial charge in [-0.25, -0.2) is 4.98 Å². The van der Waals surface area contributed by atoms with Gasteiger partial charge in [0, 0.05) is 54.6 Å². The highest BCUT2D eigenvalue weighted by molar-refractivity contribution is 6.19. The van der Waals surface area contributed by atoms with Crippen LogP contribution in [0.4, 0.5) is 0 Å². The smallest absolute Gasteiger partial charge is 0.238 e. The Morgan fingerprint density at radius 1 is 0.351 bits per heavy atom. The molecule has 0 aliphatic carbocycles. The summed E-state index contributed by atoms with van der Waals surface area (Å²) in [4.78, 5) is 15.4. The SMILES string of the molecule is c1ccc(-c2nc(-c3cccc(-c4cccc5c4oc4cccc(-c6cccc7c6oc6ccccc67)c45)c3)nc(-n3c4ccccc4c4ccccc43)n2)cc1. The third-order valence-electron chi connectivity index (χ3n) is 11.1. The second-order valence-electron chi connectivity index (χ2n) is 14.3. The van der Waals surface area contributed by atoms with Crippen LogP contribution in [-0.2, 0) is 0 Å². The van der Waals surface area contributed by atoms with E-state index in [-0.39, 0.29) is 0 Å². The van der Waals surface area contributed by atoms with Gasteiger partial charge in [-0.05, 0) is 41.5 Å². The Kier molecular flexibility index (Phi) is 6.83. The number of aromatic nitrogens is 4. The first-order valence-electron chi connectivity index (χ1n) is 19.0. The van der Waals surface area contributed by atoms with Crippen LogP contribution >= 0.6 is 0 Å². The van der Waals surface area contributed by atoms with Crippen LogP contribution in [0, 0.1) is 0 Å². The summed E-state index contributed by atoms with van der Waals surface area (Å²) < 4.78 is 15.4. The summed E-state index contributed by atoms with van der Waals surface area (Å²) in [5.74, 6) is 1.75. The Morgan fingerprint density at radius 2 is 0.877 bits per heavy atom. The van der Waals surface area contributed by atoms with E-state index in [4.69, 9.17) is 23.8 Å². The van der Waals surface area contributed by atoms with Gasteiger partial charge in [0.05, 0.1) is 11.0 Å². The molecule has 0 atom stereocenters. The van der Waals surface area contributed by atoms with Crippen LogP contribution in [-0.4, -0.2) is 19.5 Å². The molecule has 0 saturated carbocycles. The number of furan rings is 2. The topological polar surface area (TPSA) is 69.9 Å². The van der Waals surface area contributed by atoms with E-state index in [0.29, 0.717) is 17.6 Å². The quantitative estimate of drug-likeness (QED) is 0.176. The lowest BCUT2D eigenvalue weighted by Gasteiger charge is -2.11. The van der Waals surface area contributed by atoms with Crippen molar-refractivity contribution in [2.24, 2.45) is 0 Å². The largest absolute Gasteiger partial charge is 0.455 e. The summed E-state index contributed by atoms with van der Waals surface area (Å²) in [6, 6.07) is 62.5. The van der Waals surface area contributed by atoms with Crippen LogP contribution in [0.1, 0.15) is 0 Å². The van der Waals surface area contributed by atoms with E-state index in [1.807, 2.05) is 48.5 Å². The average Bonchev–Trinajstić information content (AvgIpc) is 3.96. The van der Waals surface area contributed by atoms with Gasteiger partial charge >= 0.3 is 0 Å². The van der Waals surface area contributed by atoms with Crippen molar-refractivity contribution in [3.8, 4) is 51.0 Å². The predicted octanol–water partition coefficient (Wildman–Crippen LogP) is 13.4. The fraction of sp³-hybridized carbons (Fsp3) is 0. The molecule has 57 heavy (non-hydrogen) atoms. The lowest BCUT2D eigenvalue weighted by Crippen LogP contribution is -2.06. The first kappa shape index (κ1) is 31.5. The van der Waals surface area contributed by atoms with Crippen LogP contribution < -0.4 is 0 Å². The molecule has 266 valence electrons. The summed E-state index contributed by atoms with van der Waals surface area (Å²) in [6.07, 6.45) is 0. The molecule has 12 aromatic rings. The fourth-order valence-corrected chi connectivity index (χ4v) is 8.53. The van der Waals surface area contributed by atoms with E-state index < -0.39 is 0 Å². The highest BCUT2D eigenvalue weighted by Gasteiger charge is 2.21. The Bertz CT molecular complexity index is 3490. The van der Waals surface area contributed by atoms with Gasteiger partial charge in [0.25, 0.3) is 0 Å². The molecule has 0 spiro atoms. The highest BCUT2D eigenvalue weighted by Crippen LogP contribution is 2.44. The normalized spacial score (nSPS) is 11.9. The molecule has 0 bridgehead atoms. The second kappa shape index (κ2) is 12.3. The standard InChI is InChI=1S/C51H30N4O2/c1-2-14-31(15-3-1)49-52-50(54-51(53-49)55-42-26-7-4-18-35(42)36-19-5-8-27-43(36)55)33-17-10-16-32(30-33)34-21-11-25-41-46-38(22-13-29-45(46)57-47(34)41)40-24-12-23-39-37-20-6-9-28-44(37)56-48(39)40/h1-30H. The van der Waals surface area contributed by atoms with Crippen molar-refractivity contribution in [3.05, 3.63) is 182 Å². The summed E-state index contributed by atoms with van der Waals surface area (Å²) >= 11 is 0. The van der Waals surface area contributed by atoms with Gasteiger partial charge in [0.1, 0.15) is 22.3 Å². The molecule has 4 heterocycles. The summed E-state index contributed by atoms with van der Waals surface area (Å²) in [6.45, 7) is 0. The molecule has 0 saturated heterocycles. The summed E-state index contributed by atoms with van der Waals surface area (Å²) in [5, 5.41) is 6.60. The van der Waals surface area contributed by atoms with Gasteiger partial charge < -0.3 is 8.83 Å². The molecule has 0 N–H and O–H groups in total. The molecule has 4 aromatic heterocycles. The van der Waals surface area contributed by atoms with Crippen molar-refractivity contribution < 1.29 is 8.83 Å². The minimum Gasteiger partial charge on any atom is -0.455 e. The minimum absolute atomic E-state index is 0.563. The first-order chi connectivity index (χ1) is 28.3. The number of fused-ring (bicyclic) bond motifs is 9. The molecule has 8 aromatic carbocycles. The monoisotopic (exact) mass is 730 g/mol. The number of para-hydroxylation sites is 5. The van der Waals surface area contributed by atoms with E-state index in [1.165, 1.54) is 0 Å². The van der Waals surface area contributed by atoms with Crippen LogP contribution in [0.3, 0.4) is 0 Å². The molecule has 0 radical (unpaired) electrons. The molecule has 0 fully saturated rings. The Morgan fingerprint density at radius 3 is 1.68 bits per heavy atom. The van der Waals surface area contributed by atoms with Gasteiger partial charge in [-0.2, -0.15) is 9.97 Å². The Balaban J connectivity index is 1.04. The molecule has 0 aliphatic heterocycles. The number of rotatable bonds is 5. The van der Waals surface area contributed by atoms with Crippen molar-refractivity contribution >= 4 is 65.7 Å². The van der Waals surface area contributed by atoms with Crippen LogP contribution in [0.2, 0.25) is 0 Å². The highest BCUT2D eigenvalue weighted by atomic mass is 16.3. The van der Waals surface area contributed by atoms with Crippen LogP contribution in [0.15, 0.2) is 191 Å². The van der Waals surface area contributed by atoms with Gasteiger partial charge in [-0.3, -0.25) is 4.57 Å². The Labute approximate surface area is 325 Å². The van der Waals surface area contributed by atoms with Crippen molar-refractivity contribution in [2.45, 2.75) is 0 Å². The third kappa shape index (κ3) is 4.87. The lowest BCUT2D eigenvalue weighted by molar-refractivity contribution is 0.669. The molecule has 0 amide bonds. The summed E-state index contributed by atoms with van der Waals surface area (Å²) in [5.41, 5.74) is 11.3. The van der Waals surface area contributed by atoms with Crippen LogP contribution in [0.25, 0.3) is 117 Å². The maximum absolute atomic E-state index is 6.77. The van der Waals surface area contributed by atoms with Crippen molar-refractivity contribution in [1.29, 1.82) is 0 Å². The third-order valence-corrected chi connectivity index (χ3v) is 11.1. The van der Waals surface area contributed by atoms with E-state index in [9.17, 15) is 0 Å². The maximum atomic E-state index is 6.77. The molecule has 12 rings (SSSR count). The van der Waals surface area contributed by atoms with Crippen LogP contribution in [0.5, 0.6) is 0 Å². The number of nitrogens with zero attached hydrogens (tertiary/aromatic N) is 4. The maximum Gasteiger partial charge on any atom is 0.238 e. The van der Waals surface area contributed by atoms with Gasteiger partial charge in [-0.15, -0.1) is 0 Å². The van der Waals surface area contributed by atoms with Gasteiger partial charge in [0.2, 0.25) is 5.95 Å². The van der Waals surface area contributed by atoms with E-state index in [1.54, 1.807) is 0 Å². The average molecular weight is 731 g/mol. The van der Waals surface area contributed by atoms with Crippen molar-refractivity contribution in [1.82, 2.24) is 19.5 Å². The zero-order valence-electron chi connectivity index (χ0n) is 30.4.